The number of alkyl halides is 2. The molecule has 0 atom stereocenters. The number of aromatic nitrogens is 3. The number of benzene rings is 1. The van der Waals surface area contributed by atoms with Gasteiger partial charge in [0.1, 0.15) is 12.2 Å². The molecule has 0 spiro atoms. The first-order valence-electron chi connectivity index (χ1n) is 7.08. The lowest BCUT2D eigenvalue weighted by molar-refractivity contribution is -0.137. The van der Waals surface area contributed by atoms with Gasteiger partial charge in [-0.3, -0.25) is 14.2 Å². The summed E-state index contributed by atoms with van der Waals surface area (Å²) < 4.78 is 29.0. The van der Waals surface area contributed by atoms with E-state index in [0.29, 0.717) is 11.4 Å². The van der Waals surface area contributed by atoms with Crippen LogP contribution in [0.1, 0.15) is 17.7 Å². The zero-order valence-electron chi connectivity index (χ0n) is 12.6. The fourth-order valence-corrected chi connectivity index (χ4v) is 2.70. The third-order valence-corrected chi connectivity index (χ3v) is 3.65. The topological polar surface area (TPSA) is 77.1 Å². The maximum absolute atomic E-state index is 13.4. The van der Waals surface area contributed by atoms with E-state index in [4.69, 9.17) is 5.11 Å². The summed E-state index contributed by atoms with van der Waals surface area (Å²) in [6.45, 7) is 0.903. The van der Waals surface area contributed by atoms with Crippen molar-refractivity contribution in [1.29, 1.82) is 0 Å². The van der Waals surface area contributed by atoms with Gasteiger partial charge in [0.05, 0.1) is 11.4 Å². The molecule has 0 fully saturated rings. The van der Waals surface area contributed by atoms with Gasteiger partial charge in [0.2, 0.25) is 0 Å². The molecule has 2 heterocycles. The molecule has 0 bridgehead atoms. The van der Waals surface area contributed by atoms with Crippen molar-refractivity contribution in [3.8, 4) is 5.69 Å². The number of aliphatic carboxylic acids is 1. The molecule has 2 aromatic heterocycles. The van der Waals surface area contributed by atoms with Crippen LogP contribution in [0.5, 0.6) is 0 Å². The Hall–Kier alpha value is -3.03. The Morgan fingerprint density at radius 3 is 2.54 bits per heavy atom. The van der Waals surface area contributed by atoms with Crippen LogP contribution in [-0.4, -0.2) is 25.4 Å². The van der Waals surface area contributed by atoms with E-state index in [1.54, 1.807) is 37.3 Å². The second-order valence-corrected chi connectivity index (χ2v) is 5.25. The van der Waals surface area contributed by atoms with E-state index in [9.17, 15) is 18.4 Å². The van der Waals surface area contributed by atoms with E-state index in [1.165, 1.54) is 4.68 Å². The quantitative estimate of drug-likeness (QED) is 0.796. The van der Waals surface area contributed by atoms with Crippen molar-refractivity contribution in [2.75, 3.05) is 0 Å². The third kappa shape index (κ3) is 2.55. The van der Waals surface area contributed by atoms with Gasteiger partial charge >= 0.3 is 5.97 Å². The van der Waals surface area contributed by atoms with Crippen LogP contribution in [0.2, 0.25) is 0 Å². The molecule has 0 amide bonds. The van der Waals surface area contributed by atoms with E-state index in [-0.39, 0.29) is 11.0 Å². The summed E-state index contributed by atoms with van der Waals surface area (Å²) in [6.07, 6.45) is -2.87. The van der Waals surface area contributed by atoms with Crippen LogP contribution in [0.3, 0.4) is 0 Å². The first-order chi connectivity index (χ1) is 11.4. The molecule has 24 heavy (non-hydrogen) atoms. The van der Waals surface area contributed by atoms with Gasteiger partial charge in [-0.05, 0) is 19.1 Å². The van der Waals surface area contributed by atoms with Gasteiger partial charge in [-0.25, -0.2) is 13.5 Å². The van der Waals surface area contributed by atoms with E-state index < -0.39 is 30.1 Å². The van der Waals surface area contributed by atoms with Gasteiger partial charge in [0.25, 0.3) is 12.0 Å². The largest absolute Gasteiger partial charge is 0.480 e. The van der Waals surface area contributed by atoms with Crippen molar-refractivity contribution in [3.63, 3.8) is 0 Å². The van der Waals surface area contributed by atoms with Crippen LogP contribution in [0.25, 0.3) is 16.7 Å². The number of fused-ring (bicyclic) bond motifs is 1. The molecular weight excluding hydrogens is 320 g/mol. The number of hydrogen-bond donors (Lipinski definition) is 1. The van der Waals surface area contributed by atoms with Crippen molar-refractivity contribution >= 4 is 17.0 Å². The maximum Gasteiger partial charge on any atom is 0.323 e. The van der Waals surface area contributed by atoms with Crippen LogP contribution >= 0.6 is 0 Å². The number of para-hydroxylation sites is 1. The average Bonchev–Trinajstić information content (AvgIpc) is 2.88. The maximum atomic E-state index is 13.4. The second-order valence-electron chi connectivity index (χ2n) is 5.25. The highest BCUT2D eigenvalue weighted by atomic mass is 19.3. The molecule has 1 N–H and O–H groups in total. The fraction of sp³-hybridized carbons (Fsp3) is 0.188. The molecule has 0 aliphatic rings. The number of carboxylic acids is 1. The van der Waals surface area contributed by atoms with Gasteiger partial charge in [-0.2, -0.15) is 5.10 Å². The van der Waals surface area contributed by atoms with E-state index in [1.807, 2.05) is 0 Å². The lowest BCUT2D eigenvalue weighted by Crippen LogP contribution is -2.26. The molecule has 0 unspecified atom stereocenters. The number of nitrogens with zero attached hydrogens (tertiary/aromatic N) is 3. The summed E-state index contributed by atoms with van der Waals surface area (Å²) >= 11 is 0. The van der Waals surface area contributed by atoms with Gasteiger partial charge in [-0.15, -0.1) is 0 Å². The molecule has 1 aromatic carbocycles. The Balaban J connectivity index is 2.46. The molecule has 0 aliphatic heterocycles. The number of aryl methyl sites for hydroxylation is 1. The third-order valence-electron chi connectivity index (χ3n) is 3.65. The van der Waals surface area contributed by atoms with Gasteiger partial charge < -0.3 is 5.11 Å². The number of pyridine rings is 1. The highest BCUT2D eigenvalue weighted by molar-refractivity contribution is 5.85. The van der Waals surface area contributed by atoms with E-state index >= 15 is 0 Å². The number of hydrogen-bond acceptors (Lipinski definition) is 3. The highest BCUT2D eigenvalue weighted by Crippen LogP contribution is 2.30. The molecule has 3 rings (SSSR count). The Morgan fingerprint density at radius 2 is 1.96 bits per heavy atom. The van der Waals surface area contributed by atoms with Crippen molar-refractivity contribution in [3.05, 3.63) is 58.0 Å². The molecule has 124 valence electrons. The van der Waals surface area contributed by atoms with Crippen LogP contribution < -0.4 is 5.56 Å². The minimum Gasteiger partial charge on any atom is -0.480 e. The van der Waals surface area contributed by atoms with E-state index in [0.717, 1.165) is 10.6 Å². The van der Waals surface area contributed by atoms with Gasteiger partial charge in [-0.1, -0.05) is 18.2 Å². The van der Waals surface area contributed by atoms with Crippen molar-refractivity contribution in [2.24, 2.45) is 0 Å². The zero-order chi connectivity index (χ0) is 17.4. The lowest BCUT2D eigenvalue weighted by atomic mass is 10.1. The first-order valence-corrected chi connectivity index (χ1v) is 7.08. The second kappa shape index (κ2) is 5.88. The molecule has 0 saturated heterocycles. The Labute approximate surface area is 134 Å². The number of halogens is 2. The first kappa shape index (κ1) is 15.9. The van der Waals surface area contributed by atoms with Crippen molar-refractivity contribution in [1.82, 2.24) is 14.3 Å². The molecule has 3 aromatic rings. The number of rotatable bonds is 4. The molecular formula is C16H13F2N3O3. The smallest absolute Gasteiger partial charge is 0.323 e. The standard InChI is InChI=1S/C16H13F2N3O3/c1-9-14-11(15(17)18)7-12(22)20(8-13(23)24)16(14)21(19-9)10-5-3-2-4-6-10/h2-7,15H,8H2,1H3,(H,23,24). The Bertz CT molecular complexity index is 978. The SMILES string of the molecule is Cc1nn(-c2ccccc2)c2c1c(C(F)F)cc(=O)n2CC(=O)O. The molecule has 0 aliphatic carbocycles. The van der Waals surface area contributed by atoms with Crippen LogP contribution in [-0.2, 0) is 11.3 Å². The fourth-order valence-electron chi connectivity index (χ4n) is 2.70. The summed E-state index contributed by atoms with van der Waals surface area (Å²) in [4.78, 5) is 23.3. The van der Waals surface area contributed by atoms with Crippen LogP contribution in [0.15, 0.2) is 41.2 Å². The Kier molecular flexibility index (Phi) is 3.88. The zero-order valence-corrected chi connectivity index (χ0v) is 12.6. The Morgan fingerprint density at radius 1 is 1.29 bits per heavy atom. The van der Waals surface area contributed by atoms with Crippen molar-refractivity contribution < 1.29 is 18.7 Å². The molecule has 8 heteroatoms. The lowest BCUT2D eigenvalue weighted by Gasteiger charge is -2.11. The highest BCUT2D eigenvalue weighted by Gasteiger charge is 2.23. The minimum absolute atomic E-state index is 0.0453. The molecule has 0 radical (unpaired) electrons. The predicted molar refractivity (Wildman–Crippen MR) is 82.7 cm³/mol. The summed E-state index contributed by atoms with van der Waals surface area (Å²) in [7, 11) is 0. The minimum atomic E-state index is -2.87. The summed E-state index contributed by atoms with van der Waals surface area (Å²) in [5, 5.41) is 13.4. The van der Waals surface area contributed by atoms with Crippen LogP contribution in [0, 0.1) is 6.92 Å². The predicted octanol–water partition coefficient (Wildman–Crippen LogP) is 2.52. The normalized spacial score (nSPS) is 11.3. The van der Waals surface area contributed by atoms with Gasteiger partial charge in [0.15, 0.2) is 0 Å². The number of carboxylic acid groups (broad SMARTS) is 1. The van der Waals surface area contributed by atoms with Crippen molar-refractivity contribution in [2.45, 2.75) is 19.9 Å². The monoisotopic (exact) mass is 333 g/mol. The molecule has 0 saturated carbocycles. The molecule has 6 nitrogen and oxygen atoms in total. The summed E-state index contributed by atoms with van der Waals surface area (Å²) in [5.74, 6) is -1.25. The summed E-state index contributed by atoms with van der Waals surface area (Å²) in [6, 6.07) is 9.40. The number of carbonyl (C=O) groups is 1. The van der Waals surface area contributed by atoms with E-state index in [2.05, 4.69) is 5.10 Å². The van der Waals surface area contributed by atoms with Crippen LogP contribution in [0.4, 0.5) is 8.78 Å². The summed E-state index contributed by atoms with van der Waals surface area (Å²) in [5.41, 5.74) is -0.374. The van der Waals surface area contributed by atoms with Gasteiger partial charge in [0, 0.05) is 17.0 Å². The average molecular weight is 333 g/mol.